The second kappa shape index (κ2) is 9.91. The second-order valence-corrected chi connectivity index (χ2v) is 9.49. The van der Waals surface area contributed by atoms with Gasteiger partial charge in [0.25, 0.3) is 0 Å². The SMILES string of the molecule is O=C(C[C@H]1C[C@@H]2c3cc(NC(=O)C4CCC4)ccc3O[C@@H]2[C@@H](CO)O1)NCc1cc(F)ccc1F. The first-order valence-corrected chi connectivity index (χ1v) is 12.0. The van der Waals surface area contributed by atoms with Crippen LogP contribution in [0.2, 0.25) is 0 Å². The van der Waals surface area contributed by atoms with Crippen LogP contribution in [0.3, 0.4) is 0 Å². The number of rotatable bonds is 7. The topological polar surface area (TPSA) is 96.9 Å². The molecule has 35 heavy (non-hydrogen) atoms. The number of aliphatic hydroxyl groups excluding tert-OH is 1. The van der Waals surface area contributed by atoms with Gasteiger partial charge in [-0.05, 0) is 55.7 Å². The number of ether oxygens (including phenoxy) is 2. The van der Waals surface area contributed by atoms with Crippen molar-refractivity contribution in [2.75, 3.05) is 11.9 Å². The summed E-state index contributed by atoms with van der Waals surface area (Å²) in [5.74, 6) is -0.885. The van der Waals surface area contributed by atoms with Crippen LogP contribution in [0.25, 0.3) is 0 Å². The number of aliphatic hydroxyl groups is 1. The highest BCUT2D eigenvalue weighted by Crippen LogP contribution is 2.47. The standard InChI is InChI=1S/C26H28F2N2O5/c27-16-4-6-21(28)15(8-16)12-29-24(32)11-18-10-20-19-9-17(30-26(33)14-2-1-3-14)5-7-22(19)35-25(20)23(13-31)34-18/h4-9,14,18,20,23,25,31H,1-3,10-13H2,(H,29,32)(H,30,33)/t18-,20-,23-,25+/m1/s1. The number of carbonyl (C=O) groups is 2. The van der Waals surface area contributed by atoms with Gasteiger partial charge in [-0.25, -0.2) is 8.78 Å². The average Bonchev–Trinajstić information content (AvgIpc) is 3.16. The van der Waals surface area contributed by atoms with Crippen molar-refractivity contribution < 1.29 is 33.0 Å². The fraction of sp³-hybridized carbons (Fsp3) is 0.462. The lowest BCUT2D eigenvalue weighted by Crippen LogP contribution is -2.47. The van der Waals surface area contributed by atoms with E-state index in [1.165, 1.54) is 0 Å². The van der Waals surface area contributed by atoms with E-state index < -0.39 is 29.9 Å². The summed E-state index contributed by atoms with van der Waals surface area (Å²) in [6.07, 6.45) is 1.88. The van der Waals surface area contributed by atoms with Crippen LogP contribution in [0.5, 0.6) is 5.75 Å². The molecule has 7 nitrogen and oxygen atoms in total. The normalized spacial score (nSPS) is 25.1. The monoisotopic (exact) mass is 486 g/mol. The van der Waals surface area contributed by atoms with E-state index in [1.54, 1.807) is 6.07 Å². The van der Waals surface area contributed by atoms with Crippen LogP contribution in [0.4, 0.5) is 14.5 Å². The van der Waals surface area contributed by atoms with E-state index in [9.17, 15) is 23.5 Å². The van der Waals surface area contributed by atoms with Gasteiger partial charge in [0.2, 0.25) is 11.8 Å². The van der Waals surface area contributed by atoms with E-state index in [1.807, 2.05) is 12.1 Å². The van der Waals surface area contributed by atoms with E-state index in [-0.39, 0.29) is 48.8 Å². The van der Waals surface area contributed by atoms with Crippen LogP contribution >= 0.6 is 0 Å². The van der Waals surface area contributed by atoms with Gasteiger partial charge in [-0.2, -0.15) is 0 Å². The lowest BCUT2D eigenvalue weighted by Gasteiger charge is -2.37. The number of amides is 2. The molecule has 0 spiro atoms. The summed E-state index contributed by atoms with van der Waals surface area (Å²) in [5, 5.41) is 15.5. The third-order valence-electron chi connectivity index (χ3n) is 7.14. The number of benzene rings is 2. The molecule has 2 amide bonds. The Morgan fingerprint density at radius 1 is 1.11 bits per heavy atom. The van der Waals surface area contributed by atoms with E-state index >= 15 is 0 Å². The van der Waals surface area contributed by atoms with E-state index in [4.69, 9.17) is 9.47 Å². The van der Waals surface area contributed by atoms with Gasteiger partial charge in [-0.15, -0.1) is 0 Å². The smallest absolute Gasteiger partial charge is 0.227 e. The van der Waals surface area contributed by atoms with Crippen molar-refractivity contribution in [2.24, 2.45) is 5.92 Å². The van der Waals surface area contributed by atoms with Crippen molar-refractivity contribution in [1.82, 2.24) is 5.32 Å². The fourth-order valence-electron chi connectivity index (χ4n) is 5.03. The Hall–Kier alpha value is -3.04. The molecule has 0 aromatic heterocycles. The molecule has 3 N–H and O–H groups in total. The molecular weight excluding hydrogens is 458 g/mol. The minimum absolute atomic E-state index is 0.00406. The lowest BCUT2D eigenvalue weighted by atomic mass is 9.83. The molecule has 2 fully saturated rings. The zero-order valence-corrected chi connectivity index (χ0v) is 19.1. The predicted molar refractivity (Wildman–Crippen MR) is 123 cm³/mol. The summed E-state index contributed by atoms with van der Waals surface area (Å²) in [6, 6.07) is 8.61. The summed E-state index contributed by atoms with van der Waals surface area (Å²) < 4.78 is 39.2. The average molecular weight is 487 g/mol. The quantitative estimate of drug-likeness (QED) is 0.558. The maximum atomic E-state index is 13.8. The van der Waals surface area contributed by atoms with Gasteiger partial charge in [0.1, 0.15) is 29.6 Å². The number of anilines is 1. The first-order valence-electron chi connectivity index (χ1n) is 12.0. The number of halogens is 2. The molecule has 186 valence electrons. The Morgan fingerprint density at radius 2 is 1.94 bits per heavy atom. The van der Waals surface area contributed by atoms with Gasteiger partial charge >= 0.3 is 0 Å². The maximum absolute atomic E-state index is 13.8. The molecule has 1 saturated heterocycles. The molecule has 2 aliphatic heterocycles. The fourth-order valence-corrected chi connectivity index (χ4v) is 5.03. The molecule has 3 aliphatic rings. The first-order chi connectivity index (χ1) is 16.9. The largest absolute Gasteiger partial charge is 0.487 e. The molecule has 2 heterocycles. The molecule has 9 heteroatoms. The summed E-state index contributed by atoms with van der Waals surface area (Å²) in [5.41, 5.74) is 1.67. The third-order valence-corrected chi connectivity index (χ3v) is 7.14. The maximum Gasteiger partial charge on any atom is 0.227 e. The van der Waals surface area contributed by atoms with Crippen molar-refractivity contribution in [3.05, 3.63) is 59.2 Å². The second-order valence-electron chi connectivity index (χ2n) is 9.49. The Labute approximate surface area is 201 Å². The van der Waals surface area contributed by atoms with Crippen molar-refractivity contribution in [3.8, 4) is 5.75 Å². The first kappa shape index (κ1) is 23.7. The van der Waals surface area contributed by atoms with E-state index in [0.29, 0.717) is 17.9 Å². The molecule has 4 atom stereocenters. The van der Waals surface area contributed by atoms with Crippen molar-refractivity contribution >= 4 is 17.5 Å². The Bertz CT molecular complexity index is 1120. The Balaban J connectivity index is 1.24. The van der Waals surface area contributed by atoms with E-state index in [0.717, 1.165) is 43.0 Å². The number of fused-ring (bicyclic) bond motifs is 3. The molecule has 2 aromatic rings. The van der Waals surface area contributed by atoms with E-state index in [2.05, 4.69) is 10.6 Å². The van der Waals surface area contributed by atoms with Gasteiger partial charge in [0.15, 0.2) is 0 Å². The third kappa shape index (κ3) is 5.01. The van der Waals surface area contributed by atoms with Crippen LogP contribution < -0.4 is 15.4 Å². The van der Waals surface area contributed by atoms with Gasteiger partial charge in [0.05, 0.1) is 19.1 Å². The summed E-state index contributed by atoms with van der Waals surface area (Å²) in [7, 11) is 0. The van der Waals surface area contributed by atoms with Crippen molar-refractivity contribution in [1.29, 1.82) is 0 Å². The minimum atomic E-state index is -0.618. The highest BCUT2D eigenvalue weighted by Gasteiger charge is 2.46. The molecule has 1 saturated carbocycles. The van der Waals surface area contributed by atoms with Gasteiger partial charge in [0, 0.05) is 35.2 Å². The zero-order chi connectivity index (χ0) is 24.5. The Morgan fingerprint density at radius 3 is 2.69 bits per heavy atom. The molecule has 0 radical (unpaired) electrons. The molecule has 0 unspecified atom stereocenters. The molecular formula is C26H28F2N2O5. The van der Waals surface area contributed by atoms with Crippen LogP contribution in [0.15, 0.2) is 36.4 Å². The van der Waals surface area contributed by atoms with Gasteiger partial charge in [-0.1, -0.05) is 6.42 Å². The van der Waals surface area contributed by atoms with Gasteiger partial charge < -0.3 is 25.2 Å². The Kier molecular flexibility index (Phi) is 6.71. The van der Waals surface area contributed by atoms with Crippen molar-refractivity contribution in [2.45, 2.75) is 62.9 Å². The predicted octanol–water partition coefficient (Wildman–Crippen LogP) is 3.40. The van der Waals surface area contributed by atoms with Crippen LogP contribution in [-0.4, -0.2) is 41.8 Å². The number of nitrogens with one attached hydrogen (secondary N) is 2. The lowest BCUT2D eigenvalue weighted by molar-refractivity contribution is -0.142. The highest BCUT2D eigenvalue weighted by molar-refractivity contribution is 5.93. The van der Waals surface area contributed by atoms with Gasteiger partial charge in [-0.3, -0.25) is 9.59 Å². The molecule has 0 bridgehead atoms. The molecule has 2 aromatic carbocycles. The molecule has 5 rings (SSSR count). The number of carbonyl (C=O) groups excluding carboxylic acids is 2. The van der Waals surface area contributed by atoms with Crippen LogP contribution in [0, 0.1) is 17.6 Å². The van der Waals surface area contributed by atoms with Crippen molar-refractivity contribution in [3.63, 3.8) is 0 Å². The highest BCUT2D eigenvalue weighted by atomic mass is 19.1. The van der Waals surface area contributed by atoms with Crippen LogP contribution in [0.1, 0.15) is 49.1 Å². The zero-order valence-electron chi connectivity index (χ0n) is 19.1. The number of hydrogen-bond donors (Lipinski definition) is 3. The summed E-state index contributed by atoms with van der Waals surface area (Å²) >= 11 is 0. The summed E-state index contributed by atoms with van der Waals surface area (Å²) in [4.78, 5) is 24.9. The summed E-state index contributed by atoms with van der Waals surface area (Å²) in [6.45, 7) is -0.409. The molecule has 1 aliphatic carbocycles. The number of hydrogen-bond acceptors (Lipinski definition) is 5. The van der Waals surface area contributed by atoms with Crippen LogP contribution in [-0.2, 0) is 20.9 Å². The minimum Gasteiger partial charge on any atom is -0.487 e.